The number of nitro groups is 1. The van der Waals surface area contributed by atoms with E-state index < -0.39 is 31.4 Å². The number of benzene rings is 3. The van der Waals surface area contributed by atoms with E-state index in [9.17, 15) is 23.3 Å². The Kier molecular flexibility index (Phi) is 11.4. The minimum atomic E-state index is -4.61. The number of fused-ring (bicyclic) bond motifs is 2. The lowest BCUT2D eigenvalue weighted by molar-refractivity contribution is -0.383. The molecular weight excluding hydrogens is 852 g/mol. The van der Waals surface area contributed by atoms with Gasteiger partial charge in [0.25, 0.3) is 21.6 Å². The van der Waals surface area contributed by atoms with Crippen molar-refractivity contribution >= 4 is 66.4 Å². The van der Waals surface area contributed by atoms with Crippen molar-refractivity contribution in [1.82, 2.24) is 29.4 Å². The first-order chi connectivity index (χ1) is 31.0. The summed E-state index contributed by atoms with van der Waals surface area (Å²) in [5, 5.41) is 18.5. The van der Waals surface area contributed by atoms with Crippen molar-refractivity contribution in [3.8, 4) is 11.5 Å². The van der Waals surface area contributed by atoms with Crippen LogP contribution in [0, 0.1) is 21.4 Å². The molecule has 1 amide bonds. The number of sulfonamides is 1. The molecular formula is C48H51ClN8O6S. The quantitative estimate of drug-likeness (QED) is 0.0891. The van der Waals surface area contributed by atoms with Crippen molar-refractivity contribution in [1.29, 1.82) is 0 Å². The molecule has 1 spiro atoms. The predicted molar refractivity (Wildman–Crippen MR) is 247 cm³/mol. The maximum absolute atomic E-state index is 14.1. The molecule has 1 aliphatic heterocycles. The number of anilines is 1. The van der Waals surface area contributed by atoms with Crippen molar-refractivity contribution < 1.29 is 22.9 Å². The van der Waals surface area contributed by atoms with E-state index in [-0.39, 0.29) is 16.7 Å². The third-order valence-corrected chi connectivity index (χ3v) is 15.7. The van der Waals surface area contributed by atoms with Gasteiger partial charge in [-0.1, -0.05) is 55.0 Å². The van der Waals surface area contributed by atoms with Crippen molar-refractivity contribution in [2.45, 2.75) is 82.1 Å². The van der Waals surface area contributed by atoms with E-state index in [0.29, 0.717) is 34.8 Å². The molecule has 4 heterocycles. The van der Waals surface area contributed by atoms with Crippen LogP contribution in [0.1, 0.15) is 86.6 Å². The maximum Gasteiger partial charge on any atom is 0.281 e. The number of aromatic nitrogens is 4. The van der Waals surface area contributed by atoms with Crippen LogP contribution in [-0.2, 0) is 16.6 Å². The lowest BCUT2D eigenvalue weighted by Crippen LogP contribution is -2.47. The highest BCUT2D eigenvalue weighted by atomic mass is 35.5. The second-order valence-corrected chi connectivity index (χ2v) is 20.3. The molecule has 1 saturated heterocycles. The number of nitro benzene ring substituents is 1. The van der Waals surface area contributed by atoms with Gasteiger partial charge in [-0.2, -0.15) is 5.10 Å². The SMILES string of the molecule is O=C(NS(=O)(=O)c1cc([N+](=O)[O-])c2cnn(CC3CCCCC3)c2c1)c1ccc(N2CCN(CC3=C(c4ccc(Cl)cc4)CC4(CCC4)CC3)CC2)cc1Oc1cnc2[nH]ccc2c1. The number of nitrogens with one attached hydrogen (secondary N) is 2. The van der Waals surface area contributed by atoms with Crippen molar-refractivity contribution in [2.24, 2.45) is 11.3 Å². The summed E-state index contributed by atoms with van der Waals surface area (Å²) < 4.78 is 38.3. The van der Waals surface area contributed by atoms with E-state index >= 15 is 0 Å². The Morgan fingerprint density at radius 2 is 1.75 bits per heavy atom. The molecule has 3 fully saturated rings. The van der Waals surface area contributed by atoms with Crippen LogP contribution in [0.2, 0.25) is 5.02 Å². The summed E-state index contributed by atoms with van der Waals surface area (Å²) in [4.78, 5) is 37.6. The summed E-state index contributed by atoms with van der Waals surface area (Å²) in [6.45, 7) is 4.58. The zero-order valence-electron chi connectivity index (χ0n) is 35.6. The number of nitrogens with zero attached hydrogens (tertiary/aromatic N) is 6. The molecule has 0 atom stereocenters. The fraction of sp³-hybridized carbons (Fsp3) is 0.396. The van der Waals surface area contributed by atoms with Gasteiger partial charge in [0.05, 0.1) is 38.7 Å². The van der Waals surface area contributed by atoms with Gasteiger partial charge in [0.2, 0.25) is 0 Å². The minimum Gasteiger partial charge on any atom is -0.455 e. The van der Waals surface area contributed by atoms with Gasteiger partial charge >= 0.3 is 0 Å². The highest BCUT2D eigenvalue weighted by Gasteiger charge is 2.41. The molecule has 64 heavy (non-hydrogen) atoms. The van der Waals surface area contributed by atoms with Gasteiger partial charge in [-0.15, -0.1) is 0 Å². The van der Waals surface area contributed by atoms with Gasteiger partial charge in [-0.3, -0.25) is 24.5 Å². The number of allylic oxidation sites excluding steroid dienone is 1. The molecule has 0 unspecified atom stereocenters. The summed E-state index contributed by atoms with van der Waals surface area (Å²) in [6.07, 6.45) is 17.5. The largest absolute Gasteiger partial charge is 0.455 e. The molecule has 0 radical (unpaired) electrons. The van der Waals surface area contributed by atoms with Gasteiger partial charge in [0.1, 0.15) is 17.1 Å². The van der Waals surface area contributed by atoms with E-state index in [1.807, 2.05) is 18.2 Å². The third-order valence-electron chi connectivity index (χ3n) is 14.1. The van der Waals surface area contributed by atoms with Crippen molar-refractivity contribution in [3.63, 3.8) is 0 Å². The predicted octanol–water partition coefficient (Wildman–Crippen LogP) is 9.90. The number of hydrogen-bond acceptors (Lipinski definition) is 10. The fourth-order valence-corrected chi connectivity index (χ4v) is 11.5. The molecule has 4 aliphatic rings. The Hall–Kier alpha value is -5.77. The first-order valence-corrected chi connectivity index (χ1v) is 24.3. The first kappa shape index (κ1) is 42.2. The van der Waals surface area contributed by atoms with Crippen LogP contribution in [0.4, 0.5) is 11.4 Å². The summed E-state index contributed by atoms with van der Waals surface area (Å²) in [5.41, 5.74) is 6.11. The van der Waals surface area contributed by atoms with E-state index in [4.69, 9.17) is 16.3 Å². The molecule has 2 N–H and O–H groups in total. The standard InChI is InChI=1S/C48H51ClN8O6S/c49-36-9-7-33(8-10-36)41-27-48(15-4-16-48)17-13-35(41)31-54-19-21-55(22-20-54)37-11-12-40(45(24-37)63-38-23-34-14-18-50-46(34)51-28-38)47(58)53-64(61,62)39-25-43-42(44(26-39)57(59)60)29-52-56(43)30-32-5-2-1-3-6-32/h7-12,14,18,23-26,28-29,32H,1-6,13,15-17,19-22,27,30-31H2,(H,50,51)(H,53,58). The van der Waals surface area contributed by atoms with Crippen LogP contribution in [0.5, 0.6) is 11.5 Å². The first-order valence-electron chi connectivity index (χ1n) is 22.4. The normalized spacial score (nSPS) is 18.4. The van der Waals surface area contributed by atoms with Crippen molar-refractivity contribution in [2.75, 3.05) is 37.6 Å². The number of carbonyl (C=O) groups excluding carboxylic acids is 1. The number of ether oxygens (including phenoxy) is 1. The monoisotopic (exact) mass is 902 g/mol. The number of H-pyrrole nitrogens is 1. The number of amides is 1. The average Bonchev–Trinajstić information content (AvgIpc) is 3.93. The van der Waals surface area contributed by atoms with Crippen LogP contribution >= 0.6 is 11.6 Å². The summed E-state index contributed by atoms with van der Waals surface area (Å²) in [6, 6.07) is 19.4. The molecule has 0 bridgehead atoms. The number of pyridine rings is 1. The summed E-state index contributed by atoms with van der Waals surface area (Å²) >= 11 is 6.29. The second-order valence-electron chi connectivity index (χ2n) is 18.1. The summed E-state index contributed by atoms with van der Waals surface area (Å²) in [5.74, 6) is -0.108. The number of aromatic amines is 1. The van der Waals surface area contributed by atoms with Gasteiger partial charge in [-0.25, -0.2) is 18.1 Å². The smallest absolute Gasteiger partial charge is 0.281 e. The Morgan fingerprint density at radius 1 is 0.953 bits per heavy atom. The number of halogens is 1. The number of carbonyl (C=O) groups is 1. The number of hydrogen-bond donors (Lipinski definition) is 2. The highest BCUT2D eigenvalue weighted by Crippen LogP contribution is 2.55. The van der Waals surface area contributed by atoms with Crippen LogP contribution in [0.25, 0.3) is 27.5 Å². The lowest BCUT2D eigenvalue weighted by atomic mass is 9.59. The molecule has 6 aromatic rings. The van der Waals surface area contributed by atoms with Crippen LogP contribution in [0.3, 0.4) is 0 Å². The topological polar surface area (TPSA) is 169 Å². The van der Waals surface area contributed by atoms with E-state index in [0.717, 1.165) is 93.4 Å². The number of piperazine rings is 1. The zero-order chi connectivity index (χ0) is 44.0. The Morgan fingerprint density at radius 3 is 2.50 bits per heavy atom. The second kappa shape index (κ2) is 17.3. The van der Waals surface area contributed by atoms with Gasteiger partial charge in [0.15, 0.2) is 0 Å². The van der Waals surface area contributed by atoms with E-state index in [2.05, 4.69) is 41.7 Å². The molecule has 14 nitrogen and oxygen atoms in total. The number of non-ortho nitro benzene ring substituents is 1. The van der Waals surface area contributed by atoms with Crippen molar-refractivity contribution in [3.05, 3.63) is 117 Å². The Balaban J connectivity index is 0.899. The molecule has 2 saturated carbocycles. The lowest BCUT2D eigenvalue weighted by Gasteiger charge is -2.47. The third kappa shape index (κ3) is 8.60. The highest BCUT2D eigenvalue weighted by molar-refractivity contribution is 7.90. The Bertz CT molecular complexity index is 2890. The molecule has 3 aromatic heterocycles. The van der Waals surface area contributed by atoms with E-state index in [1.54, 1.807) is 41.3 Å². The molecule has 332 valence electrons. The molecule has 3 aromatic carbocycles. The fourth-order valence-electron chi connectivity index (χ4n) is 10.3. The molecule has 10 rings (SSSR count). The maximum atomic E-state index is 14.1. The van der Waals surface area contributed by atoms with Gasteiger partial charge < -0.3 is 14.6 Å². The van der Waals surface area contributed by atoms with Crippen LogP contribution in [-0.4, -0.2) is 76.6 Å². The van der Waals surface area contributed by atoms with Gasteiger partial charge in [0, 0.05) is 73.7 Å². The zero-order valence-corrected chi connectivity index (χ0v) is 37.2. The van der Waals surface area contributed by atoms with E-state index in [1.165, 1.54) is 61.1 Å². The van der Waals surface area contributed by atoms with Gasteiger partial charge in [-0.05, 0) is 110 Å². The minimum absolute atomic E-state index is 0.0266. The average molecular weight is 904 g/mol. The molecule has 16 heteroatoms. The van der Waals surface area contributed by atoms with Crippen LogP contribution < -0.4 is 14.4 Å². The summed E-state index contributed by atoms with van der Waals surface area (Å²) in [7, 11) is -4.61. The number of rotatable bonds is 12. The van der Waals surface area contributed by atoms with Crippen LogP contribution in [0.15, 0.2) is 95.8 Å². The Labute approximate surface area is 376 Å². The molecule has 3 aliphatic carbocycles.